The molecule has 0 saturated carbocycles. The van der Waals surface area contributed by atoms with Crippen molar-refractivity contribution in [2.24, 2.45) is 0 Å². The highest BCUT2D eigenvalue weighted by Crippen LogP contribution is 2.36. The van der Waals surface area contributed by atoms with Crippen LogP contribution in [0.1, 0.15) is 44.3 Å². The number of aromatic nitrogens is 1. The zero-order valence-electron chi connectivity index (χ0n) is 14.3. The van der Waals surface area contributed by atoms with Crippen LogP contribution in [0.15, 0.2) is 5.38 Å². The van der Waals surface area contributed by atoms with E-state index in [1.165, 1.54) is 23.3 Å². The minimum atomic E-state index is -1.03. The van der Waals surface area contributed by atoms with Crippen LogP contribution in [0.4, 0.5) is 4.79 Å². The van der Waals surface area contributed by atoms with Gasteiger partial charge in [0, 0.05) is 24.0 Å². The Bertz CT molecular complexity index is 593. The molecule has 1 atom stereocenters. The molecule has 0 spiro atoms. The first-order valence-electron chi connectivity index (χ1n) is 7.68. The van der Waals surface area contributed by atoms with Crippen molar-refractivity contribution in [3.8, 4) is 0 Å². The van der Waals surface area contributed by atoms with E-state index in [0.717, 1.165) is 17.1 Å². The molecular weight excluding hydrogens is 316 g/mol. The second-order valence-electron chi connectivity index (χ2n) is 6.82. The zero-order chi connectivity index (χ0) is 17.3. The summed E-state index contributed by atoms with van der Waals surface area (Å²) in [4.78, 5) is 31.1. The van der Waals surface area contributed by atoms with Crippen molar-refractivity contribution in [3.05, 3.63) is 16.1 Å². The second-order valence-corrected chi connectivity index (χ2v) is 7.76. The number of amides is 1. The van der Waals surface area contributed by atoms with Gasteiger partial charge in [0.2, 0.25) is 0 Å². The largest absolute Gasteiger partial charge is 0.467 e. The normalized spacial score (nSPS) is 21.3. The van der Waals surface area contributed by atoms with Crippen LogP contribution in [0.25, 0.3) is 0 Å². The Hall–Kier alpha value is -1.63. The van der Waals surface area contributed by atoms with Crippen LogP contribution in [0.2, 0.25) is 0 Å². The van der Waals surface area contributed by atoms with Gasteiger partial charge in [-0.2, -0.15) is 0 Å². The summed E-state index contributed by atoms with van der Waals surface area (Å²) in [7, 11) is 1.35. The Balaban J connectivity index is 2.32. The molecule has 1 unspecified atom stereocenters. The number of hydrogen-bond acceptors (Lipinski definition) is 6. The number of esters is 1. The Labute approximate surface area is 140 Å². The Morgan fingerprint density at radius 3 is 2.65 bits per heavy atom. The van der Waals surface area contributed by atoms with Gasteiger partial charge in [0.25, 0.3) is 0 Å². The second kappa shape index (κ2) is 6.47. The molecule has 1 saturated heterocycles. The van der Waals surface area contributed by atoms with Crippen molar-refractivity contribution in [1.82, 2.24) is 9.88 Å². The van der Waals surface area contributed by atoms with Crippen LogP contribution >= 0.6 is 11.3 Å². The molecule has 1 amide bonds. The minimum absolute atomic E-state index is 0.359. The van der Waals surface area contributed by atoms with Crippen molar-refractivity contribution in [1.29, 1.82) is 0 Å². The van der Waals surface area contributed by atoms with Gasteiger partial charge < -0.3 is 9.47 Å². The summed E-state index contributed by atoms with van der Waals surface area (Å²) in [5.74, 6) is -0.409. The lowest BCUT2D eigenvalue weighted by atomic mass is 9.92. The number of nitrogens with zero attached hydrogens (tertiary/aromatic N) is 2. The van der Waals surface area contributed by atoms with E-state index in [1.54, 1.807) is 0 Å². The van der Waals surface area contributed by atoms with Crippen LogP contribution in [-0.4, -0.2) is 46.7 Å². The average Bonchev–Trinajstić information content (AvgIpc) is 3.03. The highest BCUT2D eigenvalue weighted by atomic mass is 32.1. The lowest BCUT2D eigenvalue weighted by molar-refractivity contribution is -0.153. The van der Waals surface area contributed by atoms with Gasteiger partial charge in [-0.15, -0.1) is 11.3 Å². The molecule has 7 heteroatoms. The minimum Gasteiger partial charge on any atom is -0.467 e. The highest BCUT2D eigenvalue weighted by Gasteiger charge is 2.52. The topological polar surface area (TPSA) is 68.7 Å². The third-order valence-electron chi connectivity index (χ3n) is 3.78. The van der Waals surface area contributed by atoms with Gasteiger partial charge in [-0.1, -0.05) is 0 Å². The number of carbonyl (C=O) groups excluding carboxylic acids is 2. The van der Waals surface area contributed by atoms with Crippen molar-refractivity contribution in [3.63, 3.8) is 0 Å². The molecular formula is C16H24N2O4S. The van der Waals surface area contributed by atoms with Gasteiger partial charge in [-0.25, -0.2) is 14.6 Å². The molecule has 0 bridgehead atoms. The molecule has 0 aromatic carbocycles. The summed E-state index contributed by atoms with van der Waals surface area (Å²) >= 11 is 1.49. The predicted molar refractivity (Wildman–Crippen MR) is 87.5 cm³/mol. The number of rotatable bonds is 3. The number of carbonyl (C=O) groups is 2. The smallest absolute Gasteiger partial charge is 0.411 e. The molecule has 2 heterocycles. The number of aryl methyl sites for hydroxylation is 1. The van der Waals surface area contributed by atoms with Crippen molar-refractivity contribution >= 4 is 23.4 Å². The quantitative estimate of drug-likeness (QED) is 0.791. The van der Waals surface area contributed by atoms with Crippen LogP contribution in [0, 0.1) is 6.92 Å². The molecule has 128 valence electrons. The van der Waals surface area contributed by atoms with E-state index < -0.39 is 23.2 Å². The summed E-state index contributed by atoms with van der Waals surface area (Å²) in [6, 6.07) is 0. The predicted octanol–water partition coefficient (Wildman–Crippen LogP) is 2.94. The fraction of sp³-hybridized carbons (Fsp3) is 0.688. The number of methoxy groups -OCH3 is 1. The van der Waals surface area contributed by atoms with Crippen LogP contribution < -0.4 is 0 Å². The van der Waals surface area contributed by atoms with Gasteiger partial charge in [0.1, 0.15) is 11.1 Å². The van der Waals surface area contributed by atoms with E-state index in [2.05, 4.69) is 4.98 Å². The summed E-state index contributed by atoms with van der Waals surface area (Å²) in [6.07, 6.45) is 1.17. The van der Waals surface area contributed by atoms with E-state index in [-0.39, 0.29) is 0 Å². The molecule has 1 aliphatic rings. The van der Waals surface area contributed by atoms with Gasteiger partial charge in [0.05, 0.1) is 12.1 Å². The van der Waals surface area contributed by atoms with Crippen LogP contribution in [0.3, 0.4) is 0 Å². The molecule has 2 rings (SSSR count). The standard InChI is InChI=1S/C16H24N2O4S/c1-11-10-23-12(17-11)9-16(13(19)21-5)7-6-8-18(16)14(20)22-15(2,3)4/h10H,6-9H2,1-5H3. The van der Waals surface area contributed by atoms with E-state index in [0.29, 0.717) is 19.4 Å². The maximum absolute atomic E-state index is 12.6. The summed E-state index contributed by atoms with van der Waals surface area (Å²) in [6.45, 7) is 7.82. The Morgan fingerprint density at radius 1 is 1.43 bits per heavy atom. The van der Waals surface area contributed by atoms with Gasteiger partial charge >= 0.3 is 12.1 Å². The third-order valence-corrected chi connectivity index (χ3v) is 4.74. The molecule has 0 N–H and O–H groups in total. The lowest BCUT2D eigenvalue weighted by Crippen LogP contribution is -2.56. The van der Waals surface area contributed by atoms with Gasteiger partial charge in [-0.05, 0) is 40.5 Å². The number of ether oxygens (including phenoxy) is 2. The third kappa shape index (κ3) is 3.83. The summed E-state index contributed by atoms with van der Waals surface area (Å²) in [5.41, 5.74) is -0.729. The molecule has 1 aromatic heterocycles. The first kappa shape index (κ1) is 17.7. The molecule has 1 aliphatic heterocycles. The Morgan fingerprint density at radius 2 is 2.13 bits per heavy atom. The molecule has 6 nitrogen and oxygen atoms in total. The van der Waals surface area contributed by atoms with Gasteiger partial charge in [-0.3, -0.25) is 4.90 Å². The van der Waals surface area contributed by atoms with Gasteiger partial charge in [0.15, 0.2) is 0 Å². The van der Waals surface area contributed by atoms with Crippen molar-refractivity contribution in [2.45, 2.75) is 58.1 Å². The molecule has 1 fully saturated rings. The zero-order valence-corrected chi connectivity index (χ0v) is 15.2. The van der Waals surface area contributed by atoms with E-state index >= 15 is 0 Å². The van der Waals surface area contributed by atoms with E-state index in [4.69, 9.17) is 9.47 Å². The number of hydrogen-bond donors (Lipinski definition) is 0. The van der Waals surface area contributed by atoms with Crippen molar-refractivity contribution < 1.29 is 19.1 Å². The maximum Gasteiger partial charge on any atom is 0.411 e. The summed E-state index contributed by atoms with van der Waals surface area (Å²) < 4.78 is 10.5. The first-order chi connectivity index (χ1) is 10.7. The summed E-state index contributed by atoms with van der Waals surface area (Å²) in [5, 5.41) is 2.76. The van der Waals surface area contributed by atoms with Crippen molar-refractivity contribution in [2.75, 3.05) is 13.7 Å². The maximum atomic E-state index is 12.6. The van der Waals surface area contributed by atoms with Crippen LogP contribution in [-0.2, 0) is 20.7 Å². The molecule has 1 aromatic rings. The van der Waals surface area contributed by atoms with Crippen LogP contribution in [0.5, 0.6) is 0 Å². The Kier molecular flexibility index (Phi) is 4.98. The average molecular weight is 340 g/mol. The van der Waals surface area contributed by atoms with E-state index in [1.807, 2.05) is 33.1 Å². The highest BCUT2D eigenvalue weighted by molar-refractivity contribution is 7.09. The van der Waals surface area contributed by atoms with E-state index in [9.17, 15) is 9.59 Å². The lowest BCUT2D eigenvalue weighted by Gasteiger charge is -2.36. The molecule has 23 heavy (non-hydrogen) atoms. The monoisotopic (exact) mass is 340 g/mol. The number of likely N-dealkylation sites (tertiary alicyclic amines) is 1. The molecule has 0 aliphatic carbocycles. The SMILES string of the molecule is COC(=O)C1(Cc2nc(C)cs2)CCCN1C(=O)OC(C)(C)C. The molecule has 0 radical (unpaired) electrons. The fourth-order valence-electron chi connectivity index (χ4n) is 2.85. The first-order valence-corrected chi connectivity index (χ1v) is 8.56. The fourth-order valence-corrected chi connectivity index (χ4v) is 3.73. The number of thiazole rings is 1.